The molecule has 1 N–H and O–H groups in total. The number of anilines is 1. The van der Waals surface area contributed by atoms with Crippen molar-refractivity contribution in [2.75, 3.05) is 19.5 Å². The summed E-state index contributed by atoms with van der Waals surface area (Å²) in [6, 6.07) is 5.10. The average Bonchev–Trinajstić information content (AvgIpc) is 3.07. The number of ether oxygens (including phenoxy) is 2. The monoisotopic (exact) mass is 355 g/mol. The number of fused-ring (bicyclic) bond motifs is 1. The molecule has 0 radical (unpaired) electrons. The Bertz CT molecular complexity index is 982. The number of amides is 1. The third-order valence-corrected chi connectivity index (χ3v) is 3.65. The lowest BCUT2D eigenvalue weighted by molar-refractivity contribution is -0.115. The van der Waals surface area contributed by atoms with Gasteiger partial charge in [-0.1, -0.05) is 6.92 Å². The number of methoxy groups -OCH3 is 2. The van der Waals surface area contributed by atoms with Gasteiger partial charge in [0.1, 0.15) is 5.56 Å². The Kier molecular flexibility index (Phi) is 4.78. The number of pyridine rings is 1. The normalized spacial score (nSPS) is 10.6. The third-order valence-electron chi connectivity index (χ3n) is 3.65. The maximum atomic E-state index is 11.9. The molecule has 26 heavy (non-hydrogen) atoms. The molecular formula is C17H17N5O4. The van der Waals surface area contributed by atoms with E-state index < -0.39 is 5.97 Å². The number of carbonyl (C=O) groups is 2. The molecule has 3 heterocycles. The molecule has 0 atom stereocenters. The summed E-state index contributed by atoms with van der Waals surface area (Å²) in [4.78, 5) is 31.8. The van der Waals surface area contributed by atoms with E-state index in [1.54, 1.807) is 42.0 Å². The standard InChI is InChI=1S/C17H17N5O4/c1-4-15(23)20-13-9-22-14(19-13)6-5-12(21-22)10-7-11(17(24)26-3)16(25-2)18-8-10/h5-9H,4H2,1-3H3,(H,20,23). The molecule has 0 aromatic carbocycles. The summed E-state index contributed by atoms with van der Waals surface area (Å²) in [6.07, 6.45) is 3.53. The van der Waals surface area contributed by atoms with Crippen LogP contribution in [0.5, 0.6) is 5.88 Å². The summed E-state index contributed by atoms with van der Waals surface area (Å²) in [5.74, 6) is -0.0846. The van der Waals surface area contributed by atoms with Gasteiger partial charge in [-0.3, -0.25) is 4.79 Å². The molecule has 0 aliphatic heterocycles. The topological polar surface area (TPSA) is 108 Å². The Morgan fingerprint density at radius 3 is 2.77 bits per heavy atom. The van der Waals surface area contributed by atoms with Gasteiger partial charge in [0.15, 0.2) is 11.5 Å². The molecule has 0 spiro atoms. The van der Waals surface area contributed by atoms with E-state index in [1.165, 1.54) is 14.2 Å². The zero-order valence-electron chi connectivity index (χ0n) is 14.5. The van der Waals surface area contributed by atoms with E-state index in [4.69, 9.17) is 9.47 Å². The van der Waals surface area contributed by atoms with Gasteiger partial charge in [-0.25, -0.2) is 19.3 Å². The lowest BCUT2D eigenvalue weighted by Crippen LogP contribution is -2.09. The van der Waals surface area contributed by atoms with Crippen molar-refractivity contribution < 1.29 is 19.1 Å². The van der Waals surface area contributed by atoms with Gasteiger partial charge in [0, 0.05) is 18.2 Å². The minimum Gasteiger partial charge on any atom is -0.480 e. The van der Waals surface area contributed by atoms with Crippen molar-refractivity contribution in [2.24, 2.45) is 0 Å². The Morgan fingerprint density at radius 2 is 2.08 bits per heavy atom. The lowest BCUT2D eigenvalue weighted by atomic mass is 10.1. The summed E-state index contributed by atoms with van der Waals surface area (Å²) < 4.78 is 11.4. The molecule has 3 aromatic heterocycles. The molecule has 134 valence electrons. The van der Waals surface area contributed by atoms with E-state index in [-0.39, 0.29) is 17.4 Å². The van der Waals surface area contributed by atoms with Gasteiger partial charge in [0.05, 0.1) is 26.1 Å². The second kappa shape index (κ2) is 7.18. The zero-order chi connectivity index (χ0) is 18.7. The van der Waals surface area contributed by atoms with Gasteiger partial charge in [-0.05, 0) is 18.2 Å². The predicted octanol–water partition coefficient (Wildman–Crippen LogP) is 1.93. The molecule has 0 aliphatic carbocycles. The maximum Gasteiger partial charge on any atom is 0.343 e. The number of carbonyl (C=O) groups excluding carboxylic acids is 2. The van der Waals surface area contributed by atoms with Crippen LogP contribution in [0.3, 0.4) is 0 Å². The first-order chi connectivity index (χ1) is 12.5. The minimum atomic E-state index is -0.551. The first-order valence-corrected chi connectivity index (χ1v) is 7.84. The molecule has 9 heteroatoms. The molecule has 3 aromatic rings. The molecule has 0 bridgehead atoms. The van der Waals surface area contributed by atoms with Crippen LogP contribution >= 0.6 is 0 Å². The van der Waals surface area contributed by atoms with E-state index in [0.717, 1.165) is 0 Å². The second-order valence-electron chi connectivity index (χ2n) is 5.32. The van der Waals surface area contributed by atoms with Crippen molar-refractivity contribution in [1.82, 2.24) is 19.6 Å². The van der Waals surface area contributed by atoms with Crippen molar-refractivity contribution in [2.45, 2.75) is 13.3 Å². The fraction of sp³-hybridized carbons (Fsp3) is 0.235. The van der Waals surface area contributed by atoms with Gasteiger partial charge >= 0.3 is 5.97 Å². The summed E-state index contributed by atoms with van der Waals surface area (Å²) >= 11 is 0. The van der Waals surface area contributed by atoms with E-state index in [0.29, 0.717) is 29.1 Å². The van der Waals surface area contributed by atoms with Crippen LogP contribution in [0.1, 0.15) is 23.7 Å². The predicted molar refractivity (Wildman–Crippen MR) is 93.0 cm³/mol. The van der Waals surface area contributed by atoms with Crippen LogP contribution < -0.4 is 10.1 Å². The van der Waals surface area contributed by atoms with Gasteiger partial charge in [0.2, 0.25) is 11.8 Å². The smallest absolute Gasteiger partial charge is 0.343 e. The first kappa shape index (κ1) is 17.3. The van der Waals surface area contributed by atoms with Crippen molar-refractivity contribution >= 4 is 23.3 Å². The molecular weight excluding hydrogens is 338 g/mol. The lowest BCUT2D eigenvalue weighted by Gasteiger charge is -2.08. The molecule has 0 aliphatic rings. The van der Waals surface area contributed by atoms with Crippen LogP contribution in [-0.4, -0.2) is 45.7 Å². The summed E-state index contributed by atoms with van der Waals surface area (Å²) in [7, 11) is 2.72. The van der Waals surface area contributed by atoms with E-state index >= 15 is 0 Å². The Balaban J connectivity index is 2.00. The number of nitrogens with zero attached hydrogens (tertiary/aromatic N) is 4. The van der Waals surface area contributed by atoms with Gasteiger partial charge in [0.25, 0.3) is 0 Å². The number of aromatic nitrogens is 4. The van der Waals surface area contributed by atoms with Gasteiger partial charge in [-0.15, -0.1) is 0 Å². The van der Waals surface area contributed by atoms with Crippen LogP contribution in [0.4, 0.5) is 5.82 Å². The van der Waals surface area contributed by atoms with Gasteiger partial charge in [-0.2, -0.15) is 5.10 Å². The van der Waals surface area contributed by atoms with Crippen molar-refractivity contribution in [3.8, 4) is 17.1 Å². The minimum absolute atomic E-state index is 0.129. The number of rotatable bonds is 5. The summed E-state index contributed by atoms with van der Waals surface area (Å²) in [5.41, 5.74) is 1.97. The molecule has 9 nitrogen and oxygen atoms in total. The fourth-order valence-corrected chi connectivity index (χ4v) is 2.34. The van der Waals surface area contributed by atoms with Crippen LogP contribution in [0.15, 0.2) is 30.6 Å². The number of nitrogens with one attached hydrogen (secondary N) is 1. The molecule has 0 fully saturated rings. The highest BCUT2D eigenvalue weighted by Gasteiger charge is 2.16. The van der Waals surface area contributed by atoms with E-state index in [2.05, 4.69) is 20.4 Å². The Labute approximate surface area is 149 Å². The largest absolute Gasteiger partial charge is 0.480 e. The molecule has 1 amide bonds. The fourth-order valence-electron chi connectivity index (χ4n) is 2.34. The quantitative estimate of drug-likeness (QED) is 0.697. The van der Waals surface area contributed by atoms with Crippen molar-refractivity contribution in [1.29, 1.82) is 0 Å². The van der Waals surface area contributed by atoms with Crippen LogP contribution in [0, 0.1) is 0 Å². The van der Waals surface area contributed by atoms with Gasteiger partial charge < -0.3 is 14.8 Å². The molecule has 0 saturated carbocycles. The van der Waals surface area contributed by atoms with Crippen molar-refractivity contribution in [3.63, 3.8) is 0 Å². The summed E-state index contributed by atoms with van der Waals surface area (Å²) in [6.45, 7) is 1.76. The van der Waals surface area contributed by atoms with Crippen LogP contribution in [0.2, 0.25) is 0 Å². The molecule has 0 saturated heterocycles. The Hall–Kier alpha value is -3.49. The number of hydrogen-bond acceptors (Lipinski definition) is 7. The maximum absolute atomic E-state index is 11.9. The summed E-state index contributed by atoms with van der Waals surface area (Å²) in [5, 5.41) is 7.14. The van der Waals surface area contributed by atoms with E-state index in [1.807, 2.05) is 0 Å². The second-order valence-corrected chi connectivity index (χ2v) is 5.32. The van der Waals surface area contributed by atoms with Crippen LogP contribution in [-0.2, 0) is 9.53 Å². The molecule has 3 rings (SSSR count). The SMILES string of the molecule is CCC(=O)Nc1cn2nc(-c3cnc(OC)c(C(=O)OC)c3)ccc2n1. The highest BCUT2D eigenvalue weighted by molar-refractivity contribution is 5.93. The van der Waals surface area contributed by atoms with E-state index in [9.17, 15) is 9.59 Å². The highest BCUT2D eigenvalue weighted by atomic mass is 16.5. The third kappa shape index (κ3) is 3.32. The highest BCUT2D eigenvalue weighted by Crippen LogP contribution is 2.24. The average molecular weight is 355 g/mol. The first-order valence-electron chi connectivity index (χ1n) is 7.84. The number of imidazole rings is 1. The van der Waals surface area contributed by atoms with Crippen molar-refractivity contribution in [3.05, 3.63) is 36.2 Å². The zero-order valence-corrected chi connectivity index (χ0v) is 14.5. The number of esters is 1. The number of hydrogen-bond donors (Lipinski definition) is 1. The molecule has 0 unspecified atom stereocenters. The van der Waals surface area contributed by atoms with Crippen LogP contribution in [0.25, 0.3) is 16.9 Å². The Morgan fingerprint density at radius 1 is 1.27 bits per heavy atom.